The molecule has 5 heteroatoms. The predicted molar refractivity (Wildman–Crippen MR) is 72.0 cm³/mol. The Morgan fingerprint density at radius 2 is 2.35 bits per heavy atom. The van der Waals surface area contributed by atoms with E-state index in [1.807, 2.05) is 0 Å². The normalized spacial score (nSPS) is 9.71. The third kappa shape index (κ3) is 4.08. The van der Waals surface area contributed by atoms with Gasteiger partial charge in [0.15, 0.2) is 11.6 Å². The summed E-state index contributed by atoms with van der Waals surface area (Å²) in [6.07, 6.45) is 5.13. The van der Waals surface area contributed by atoms with Gasteiger partial charge in [-0.1, -0.05) is 5.92 Å². The number of methoxy groups -OCH3 is 1. The molecule has 0 fully saturated rings. The molecule has 1 aromatic carbocycles. The second-order valence-corrected chi connectivity index (χ2v) is 4.36. The van der Waals surface area contributed by atoms with Gasteiger partial charge in [0.05, 0.1) is 24.2 Å². The topological polar surface area (TPSA) is 47.3 Å². The Kier molecular flexibility index (Phi) is 5.50. The summed E-state index contributed by atoms with van der Waals surface area (Å²) >= 11 is 1.65. The van der Waals surface area contributed by atoms with Crippen molar-refractivity contribution in [2.75, 3.05) is 36.2 Å². The molecule has 3 nitrogen and oxygen atoms in total. The van der Waals surface area contributed by atoms with Crippen LogP contribution >= 0.6 is 11.8 Å². The standard InChI is InChI=1S/C12H15FN2OS/c1-3-5-17-6-4-15-11-8-12(16-2)9(13)7-10(11)14/h1,7-8,15H,4-6,14H2,2H3. The van der Waals surface area contributed by atoms with Gasteiger partial charge in [0.25, 0.3) is 0 Å². The third-order valence-electron chi connectivity index (χ3n) is 2.07. The van der Waals surface area contributed by atoms with Gasteiger partial charge in [-0.25, -0.2) is 4.39 Å². The zero-order valence-electron chi connectivity index (χ0n) is 9.63. The van der Waals surface area contributed by atoms with E-state index < -0.39 is 5.82 Å². The van der Waals surface area contributed by atoms with Gasteiger partial charge >= 0.3 is 0 Å². The lowest BCUT2D eigenvalue weighted by molar-refractivity contribution is 0.387. The largest absolute Gasteiger partial charge is 0.494 e. The summed E-state index contributed by atoms with van der Waals surface area (Å²) in [4.78, 5) is 0. The number of nitrogens with one attached hydrogen (secondary N) is 1. The quantitative estimate of drug-likeness (QED) is 0.464. The van der Waals surface area contributed by atoms with Crippen LogP contribution in [0.5, 0.6) is 5.75 Å². The Bertz CT molecular complexity index is 418. The number of hydrogen-bond acceptors (Lipinski definition) is 4. The van der Waals surface area contributed by atoms with E-state index in [0.717, 1.165) is 5.75 Å². The second kappa shape index (κ2) is 6.92. The minimum atomic E-state index is -0.461. The smallest absolute Gasteiger partial charge is 0.167 e. The zero-order chi connectivity index (χ0) is 12.7. The first kappa shape index (κ1) is 13.5. The van der Waals surface area contributed by atoms with Crippen LogP contribution in [0.2, 0.25) is 0 Å². The van der Waals surface area contributed by atoms with Gasteiger partial charge in [-0.2, -0.15) is 0 Å². The van der Waals surface area contributed by atoms with E-state index in [-0.39, 0.29) is 5.75 Å². The van der Waals surface area contributed by atoms with Crippen molar-refractivity contribution < 1.29 is 9.13 Å². The molecule has 1 rings (SSSR count). The average molecular weight is 254 g/mol. The zero-order valence-corrected chi connectivity index (χ0v) is 10.4. The van der Waals surface area contributed by atoms with Gasteiger partial charge in [0.2, 0.25) is 0 Å². The summed E-state index contributed by atoms with van der Waals surface area (Å²) in [5.41, 5.74) is 6.73. The SMILES string of the molecule is C#CCSCCNc1cc(OC)c(F)cc1N. The van der Waals surface area contributed by atoms with Crippen LogP contribution in [0.25, 0.3) is 0 Å². The molecule has 0 aliphatic carbocycles. The van der Waals surface area contributed by atoms with Crippen molar-refractivity contribution in [2.45, 2.75) is 0 Å². The number of rotatable bonds is 6. The molecule has 0 aliphatic heterocycles. The van der Waals surface area contributed by atoms with Crippen molar-refractivity contribution in [1.82, 2.24) is 0 Å². The molecule has 0 saturated heterocycles. The summed E-state index contributed by atoms with van der Waals surface area (Å²) in [7, 11) is 1.42. The van der Waals surface area contributed by atoms with Gasteiger partial charge < -0.3 is 15.8 Å². The number of nitrogen functional groups attached to an aromatic ring is 1. The second-order valence-electron chi connectivity index (χ2n) is 3.26. The van der Waals surface area contributed by atoms with Crippen molar-refractivity contribution in [2.24, 2.45) is 0 Å². The van der Waals surface area contributed by atoms with E-state index >= 15 is 0 Å². The Labute approximate surface area is 105 Å². The summed E-state index contributed by atoms with van der Waals surface area (Å²) in [6, 6.07) is 2.80. The Balaban J connectivity index is 2.56. The van der Waals surface area contributed by atoms with Crippen LogP contribution in [-0.2, 0) is 0 Å². The molecule has 0 unspecified atom stereocenters. The van der Waals surface area contributed by atoms with E-state index in [1.54, 1.807) is 17.8 Å². The molecule has 0 aliphatic rings. The summed E-state index contributed by atoms with van der Waals surface area (Å²) in [6.45, 7) is 0.714. The molecule has 0 aromatic heterocycles. The van der Waals surface area contributed by atoms with Crippen LogP contribution in [0.3, 0.4) is 0 Å². The minimum Gasteiger partial charge on any atom is -0.494 e. The molecular formula is C12H15FN2OS. The Morgan fingerprint density at radius 1 is 1.59 bits per heavy atom. The molecule has 92 valence electrons. The Morgan fingerprint density at radius 3 is 3.00 bits per heavy atom. The fourth-order valence-corrected chi connectivity index (χ4v) is 1.78. The number of hydrogen-bond donors (Lipinski definition) is 2. The van der Waals surface area contributed by atoms with Gasteiger partial charge in [-0.3, -0.25) is 0 Å². The van der Waals surface area contributed by atoms with Crippen LogP contribution in [-0.4, -0.2) is 25.2 Å². The molecular weight excluding hydrogens is 239 g/mol. The number of terminal acetylenes is 1. The van der Waals surface area contributed by atoms with Crippen molar-refractivity contribution in [3.05, 3.63) is 17.9 Å². The summed E-state index contributed by atoms with van der Waals surface area (Å²) in [5.74, 6) is 3.81. The molecule has 0 bridgehead atoms. The lowest BCUT2D eigenvalue weighted by Crippen LogP contribution is -2.07. The highest BCUT2D eigenvalue weighted by Gasteiger charge is 2.07. The van der Waals surface area contributed by atoms with E-state index in [2.05, 4.69) is 11.2 Å². The number of nitrogens with two attached hydrogens (primary N) is 1. The lowest BCUT2D eigenvalue weighted by atomic mass is 10.2. The maximum Gasteiger partial charge on any atom is 0.167 e. The molecule has 0 atom stereocenters. The van der Waals surface area contributed by atoms with E-state index in [0.29, 0.717) is 23.7 Å². The van der Waals surface area contributed by atoms with Crippen molar-refractivity contribution in [1.29, 1.82) is 0 Å². The van der Waals surface area contributed by atoms with E-state index in [9.17, 15) is 4.39 Å². The highest BCUT2D eigenvalue weighted by atomic mass is 32.2. The number of benzene rings is 1. The van der Waals surface area contributed by atoms with Crippen LogP contribution in [0.15, 0.2) is 12.1 Å². The molecule has 17 heavy (non-hydrogen) atoms. The van der Waals surface area contributed by atoms with Crippen LogP contribution in [0.1, 0.15) is 0 Å². The Hall–Kier alpha value is -1.54. The van der Waals surface area contributed by atoms with Gasteiger partial charge in [-0.05, 0) is 0 Å². The van der Waals surface area contributed by atoms with Crippen molar-refractivity contribution in [3.8, 4) is 18.1 Å². The van der Waals surface area contributed by atoms with Gasteiger partial charge in [-0.15, -0.1) is 18.2 Å². The van der Waals surface area contributed by atoms with Crippen molar-refractivity contribution in [3.63, 3.8) is 0 Å². The van der Waals surface area contributed by atoms with Gasteiger partial charge in [0.1, 0.15) is 0 Å². The molecule has 0 saturated carbocycles. The highest BCUT2D eigenvalue weighted by molar-refractivity contribution is 7.99. The predicted octanol–water partition coefficient (Wildman–Crippen LogP) is 2.19. The maximum atomic E-state index is 13.3. The first-order valence-corrected chi connectivity index (χ1v) is 6.22. The number of anilines is 2. The highest BCUT2D eigenvalue weighted by Crippen LogP contribution is 2.27. The number of halogens is 1. The molecule has 0 heterocycles. The molecule has 0 radical (unpaired) electrons. The fraction of sp³-hybridized carbons (Fsp3) is 0.333. The third-order valence-corrected chi connectivity index (χ3v) is 2.93. The fourth-order valence-electron chi connectivity index (χ4n) is 1.27. The monoisotopic (exact) mass is 254 g/mol. The first-order chi connectivity index (χ1) is 8.19. The number of thioether (sulfide) groups is 1. The summed E-state index contributed by atoms with van der Waals surface area (Å²) < 4.78 is 18.1. The van der Waals surface area contributed by atoms with Crippen LogP contribution in [0, 0.1) is 18.2 Å². The average Bonchev–Trinajstić information content (AvgIpc) is 2.31. The number of ether oxygens (including phenoxy) is 1. The first-order valence-electron chi connectivity index (χ1n) is 5.07. The van der Waals surface area contributed by atoms with Crippen LogP contribution in [0.4, 0.5) is 15.8 Å². The molecule has 1 aromatic rings. The lowest BCUT2D eigenvalue weighted by Gasteiger charge is -2.11. The maximum absolute atomic E-state index is 13.3. The van der Waals surface area contributed by atoms with E-state index in [4.69, 9.17) is 16.9 Å². The molecule has 0 spiro atoms. The van der Waals surface area contributed by atoms with Crippen LogP contribution < -0.4 is 15.8 Å². The minimum absolute atomic E-state index is 0.179. The summed E-state index contributed by atoms with van der Waals surface area (Å²) in [5, 5.41) is 3.11. The van der Waals surface area contributed by atoms with E-state index in [1.165, 1.54) is 13.2 Å². The van der Waals surface area contributed by atoms with Gasteiger partial charge in [0, 0.05) is 24.4 Å². The molecule has 3 N–H and O–H groups in total. The molecule has 0 amide bonds. The van der Waals surface area contributed by atoms with Crippen molar-refractivity contribution >= 4 is 23.1 Å².